The van der Waals surface area contributed by atoms with E-state index in [0.717, 1.165) is 5.39 Å². The summed E-state index contributed by atoms with van der Waals surface area (Å²) in [6, 6.07) is 5.12. The van der Waals surface area contributed by atoms with E-state index in [2.05, 4.69) is 5.32 Å². The number of carbonyl (C=O) groups excluding carboxylic acids is 1. The molecule has 1 aromatic heterocycles. The molecule has 2 aromatic rings. The van der Waals surface area contributed by atoms with Gasteiger partial charge in [-0.2, -0.15) is 0 Å². The van der Waals surface area contributed by atoms with Crippen molar-refractivity contribution < 1.29 is 23.8 Å². The van der Waals surface area contributed by atoms with Gasteiger partial charge in [0.2, 0.25) is 0 Å². The minimum Gasteiger partial charge on any atom is -0.481 e. The lowest BCUT2D eigenvalue weighted by Gasteiger charge is -2.26. The normalized spacial score (nSPS) is 20.8. The first kappa shape index (κ1) is 15.8. The highest BCUT2D eigenvalue weighted by molar-refractivity contribution is 6.31. The summed E-state index contributed by atoms with van der Waals surface area (Å²) in [4.78, 5) is 23.7. The molecule has 1 amide bonds. The summed E-state index contributed by atoms with van der Waals surface area (Å²) in [6.45, 7) is 2.37. The summed E-state index contributed by atoms with van der Waals surface area (Å²) in [7, 11) is 0. The number of carboxylic acids is 1. The summed E-state index contributed by atoms with van der Waals surface area (Å²) in [5, 5.41) is 13.2. The minimum absolute atomic E-state index is 0.166. The lowest BCUT2D eigenvalue weighted by molar-refractivity contribution is -0.138. The smallest absolute Gasteiger partial charge is 0.305 e. The zero-order valence-corrected chi connectivity index (χ0v) is 13.3. The van der Waals surface area contributed by atoms with E-state index in [1.165, 1.54) is 0 Å². The fourth-order valence-electron chi connectivity index (χ4n) is 2.89. The molecular formula is C16H16ClNO5. The Labute approximate surface area is 137 Å². The first-order chi connectivity index (χ1) is 10.9. The summed E-state index contributed by atoms with van der Waals surface area (Å²) < 4.78 is 10.9. The zero-order chi connectivity index (χ0) is 16.6. The van der Waals surface area contributed by atoms with E-state index in [1.807, 2.05) is 0 Å². The number of carbonyl (C=O) groups is 2. The van der Waals surface area contributed by atoms with Crippen LogP contribution in [0.15, 0.2) is 22.6 Å². The molecule has 2 N–H and O–H groups in total. The molecule has 1 aliphatic rings. The van der Waals surface area contributed by atoms with Crippen LogP contribution in [0, 0.1) is 6.92 Å². The lowest BCUT2D eigenvalue weighted by Crippen LogP contribution is -2.50. The minimum atomic E-state index is -0.982. The lowest BCUT2D eigenvalue weighted by atomic mass is 9.94. The Morgan fingerprint density at radius 3 is 2.87 bits per heavy atom. The molecule has 1 aromatic carbocycles. The van der Waals surface area contributed by atoms with Crippen LogP contribution in [0.4, 0.5) is 0 Å². The number of halogens is 1. The molecule has 0 aliphatic carbocycles. The number of rotatable bonds is 4. The summed E-state index contributed by atoms with van der Waals surface area (Å²) >= 11 is 5.97. The van der Waals surface area contributed by atoms with Crippen LogP contribution in [0.5, 0.6) is 0 Å². The Morgan fingerprint density at radius 1 is 1.43 bits per heavy atom. The second-order valence-electron chi connectivity index (χ2n) is 5.80. The van der Waals surface area contributed by atoms with Gasteiger partial charge >= 0.3 is 5.97 Å². The third kappa shape index (κ3) is 3.04. The number of nitrogens with one attached hydrogen (secondary N) is 1. The largest absolute Gasteiger partial charge is 0.481 e. The Hall–Kier alpha value is -2.05. The first-order valence-corrected chi connectivity index (χ1v) is 7.59. The van der Waals surface area contributed by atoms with E-state index in [-0.39, 0.29) is 18.8 Å². The van der Waals surface area contributed by atoms with Crippen molar-refractivity contribution >= 4 is 34.4 Å². The van der Waals surface area contributed by atoms with E-state index in [4.69, 9.17) is 25.9 Å². The van der Waals surface area contributed by atoms with E-state index in [0.29, 0.717) is 29.2 Å². The number of benzene rings is 1. The molecule has 1 atom stereocenters. The number of aliphatic carboxylic acids is 1. The number of hydrogen-bond donors (Lipinski definition) is 2. The van der Waals surface area contributed by atoms with Crippen molar-refractivity contribution in [2.24, 2.45) is 0 Å². The third-order valence-corrected chi connectivity index (χ3v) is 4.31. The molecule has 7 heteroatoms. The highest BCUT2D eigenvalue weighted by atomic mass is 35.5. The monoisotopic (exact) mass is 337 g/mol. The zero-order valence-electron chi connectivity index (χ0n) is 12.5. The van der Waals surface area contributed by atoms with Gasteiger partial charge in [0.25, 0.3) is 5.91 Å². The van der Waals surface area contributed by atoms with Crippen LogP contribution in [-0.2, 0) is 9.53 Å². The van der Waals surface area contributed by atoms with Crippen LogP contribution in [0.2, 0.25) is 5.02 Å². The highest BCUT2D eigenvalue weighted by Crippen LogP contribution is 2.29. The molecule has 1 aliphatic heterocycles. The molecule has 0 radical (unpaired) electrons. The van der Waals surface area contributed by atoms with Crippen LogP contribution in [0.25, 0.3) is 11.0 Å². The van der Waals surface area contributed by atoms with E-state index < -0.39 is 17.4 Å². The Kier molecular flexibility index (Phi) is 4.04. The van der Waals surface area contributed by atoms with Gasteiger partial charge in [0, 0.05) is 22.6 Å². The molecule has 3 rings (SSSR count). The van der Waals surface area contributed by atoms with Gasteiger partial charge in [0.15, 0.2) is 5.76 Å². The van der Waals surface area contributed by atoms with Gasteiger partial charge in [-0.05, 0) is 31.5 Å². The highest BCUT2D eigenvalue weighted by Gasteiger charge is 2.39. The maximum atomic E-state index is 12.6. The van der Waals surface area contributed by atoms with Gasteiger partial charge in [0.1, 0.15) is 5.58 Å². The van der Waals surface area contributed by atoms with Gasteiger partial charge in [0.05, 0.1) is 18.6 Å². The number of furan rings is 1. The van der Waals surface area contributed by atoms with Crippen molar-refractivity contribution in [1.82, 2.24) is 5.32 Å². The van der Waals surface area contributed by atoms with Crippen molar-refractivity contribution in [2.75, 3.05) is 13.2 Å². The molecule has 122 valence electrons. The molecule has 0 spiro atoms. The quantitative estimate of drug-likeness (QED) is 0.895. The van der Waals surface area contributed by atoms with Gasteiger partial charge in [-0.3, -0.25) is 9.59 Å². The van der Waals surface area contributed by atoms with Crippen molar-refractivity contribution in [1.29, 1.82) is 0 Å². The maximum absolute atomic E-state index is 12.6. The standard InChI is InChI=1S/C16H16ClNO5/c1-9-11-6-10(17)2-3-12(11)23-14(9)15(21)18-16(7-13(19)20)4-5-22-8-16/h2-3,6H,4-5,7-8H2,1H3,(H,18,21)(H,19,20). The van der Waals surface area contributed by atoms with Gasteiger partial charge in [-0.25, -0.2) is 0 Å². The maximum Gasteiger partial charge on any atom is 0.305 e. The third-order valence-electron chi connectivity index (χ3n) is 4.08. The number of ether oxygens (including phenoxy) is 1. The summed E-state index contributed by atoms with van der Waals surface area (Å²) in [5.74, 6) is -1.26. The van der Waals surface area contributed by atoms with Crippen molar-refractivity contribution in [3.63, 3.8) is 0 Å². The van der Waals surface area contributed by atoms with Crippen LogP contribution in [0.1, 0.15) is 29.0 Å². The van der Waals surface area contributed by atoms with E-state index in [9.17, 15) is 9.59 Å². The van der Waals surface area contributed by atoms with Crippen LogP contribution < -0.4 is 5.32 Å². The number of amides is 1. The Bertz CT molecular complexity index is 776. The number of aryl methyl sites for hydroxylation is 1. The van der Waals surface area contributed by atoms with Crippen molar-refractivity contribution in [3.05, 3.63) is 34.5 Å². The molecule has 0 saturated carbocycles. The molecule has 2 heterocycles. The predicted octanol–water partition coefficient (Wildman–Crippen LogP) is 2.76. The fraction of sp³-hybridized carbons (Fsp3) is 0.375. The molecule has 1 unspecified atom stereocenters. The Morgan fingerprint density at radius 2 is 2.22 bits per heavy atom. The topological polar surface area (TPSA) is 88.8 Å². The summed E-state index contributed by atoms with van der Waals surface area (Å²) in [6.07, 6.45) is 0.264. The first-order valence-electron chi connectivity index (χ1n) is 7.21. The molecule has 1 saturated heterocycles. The average Bonchev–Trinajstić information content (AvgIpc) is 3.04. The van der Waals surface area contributed by atoms with Gasteiger partial charge < -0.3 is 19.6 Å². The van der Waals surface area contributed by atoms with Gasteiger partial charge in [-0.15, -0.1) is 0 Å². The molecule has 23 heavy (non-hydrogen) atoms. The summed E-state index contributed by atoms with van der Waals surface area (Å²) in [5.41, 5.74) is 0.336. The van der Waals surface area contributed by atoms with E-state index in [1.54, 1.807) is 25.1 Å². The van der Waals surface area contributed by atoms with E-state index >= 15 is 0 Å². The van der Waals surface area contributed by atoms with Crippen molar-refractivity contribution in [2.45, 2.75) is 25.3 Å². The second kappa shape index (κ2) is 5.86. The van der Waals surface area contributed by atoms with Gasteiger partial charge in [-0.1, -0.05) is 11.6 Å². The Balaban J connectivity index is 1.91. The molecule has 6 nitrogen and oxygen atoms in total. The number of fused-ring (bicyclic) bond motifs is 1. The SMILES string of the molecule is Cc1c(C(=O)NC2(CC(=O)O)CCOC2)oc2ccc(Cl)cc12. The van der Waals surface area contributed by atoms with Crippen LogP contribution in [0.3, 0.4) is 0 Å². The molecule has 1 fully saturated rings. The van der Waals surface area contributed by atoms with Crippen LogP contribution in [-0.4, -0.2) is 35.7 Å². The van der Waals surface area contributed by atoms with Crippen LogP contribution >= 0.6 is 11.6 Å². The average molecular weight is 338 g/mol. The number of hydrogen-bond acceptors (Lipinski definition) is 4. The fourth-order valence-corrected chi connectivity index (χ4v) is 3.06. The van der Waals surface area contributed by atoms with Crippen molar-refractivity contribution in [3.8, 4) is 0 Å². The second-order valence-corrected chi connectivity index (χ2v) is 6.24. The molecule has 0 bridgehead atoms. The molecular weight excluding hydrogens is 322 g/mol. The number of carboxylic acid groups (broad SMARTS) is 1. The predicted molar refractivity (Wildman–Crippen MR) is 83.8 cm³/mol.